The first-order valence-corrected chi connectivity index (χ1v) is 5.73. The highest BCUT2D eigenvalue weighted by Crippen LogP contribution is 2.38. The van der Waals surface area contributed by atoms with Crippen LogP contribution in [0, 0.1) is 0 Å². The molecule has 3 rings (SSSR count). The second kappa shape index (κ2) is 3.77. The lowest BCUT2D eigenvalue weighted by Gasteiger charge is -2.27. The number of piperazine rings is 1. The van der Waals surface area contributed by atoms with Gasteiger partial charge in [-0.15, -0.1) is 5.10 Å². The van der Waals surface area contributed by atoms with Gasteiger partial charge in [-0.05, 0) is 25.0 Å². The molecule has 1 saturated carbocycles. The van der Waals surface area contributed by atoms with Gasteiger partial charge in [-0.3, -0.25) is 0 Å². The minimum Gasteiger partial charge on any atom is -0.353 e. The zero-order chi connectivity index (χ0) is 10.1. The molecular formula is C11H16N4. The fourth-order valence-electron chi connectivity index (χ4n) is 1.99. The van der Waals surface area contributed by atoms with Crippen molar-refractivity contribution in [2.24, 2.45) is 0 Å². The topological polar surface area (TPSA) is 41.0 Å². The summed E-state index contributed by atoms with van der Waals surface area (Å²) in [5.74, 6) is 1.73. The number of anilines is 1. The van der Waals surface area contributed by atoms with Gasteiger partial charge in [0.25, 0.3) is 0 Å². The first-order chi connectivity index (χ1) is 7.43. The van der Waals surface area contributed by atoms with Crippen LogP contribution in [0.2, 0.25) is 0 Å². The summed E-state index contributed by atoms with van der Waals surface area (Å²) in [6.45, 7) is 4.17. The van der Waals surface area contributed by atoms with Crippen molar-refractivity contribution in [2.45, 2.75) is 18.8 Å². The van der Waals surface area contributed by atoms with Crippen LogP contribution in [0.25, 0.3) is 0 Å². The molecule has 0 bridgehead atoms. The van der Waals surface area contributed by atoms with Gasteiger partial charge in [0.1, 0.15) is 0 Å². The van der Waals surface area contributed by atoms with Crippen molar-refractivity contribution >= 4 is 5.82 Å². The molecule has 1 aromatic heterocycles. The Morgan fingerprint density at radius 1 is 1.13 bits per heavy atom. The Balaban J connectivity index is 1.73. The average Bonchev–Trinajstić information content (AvgIpc) is 3.15. The Morgan fingerprint density at radius 3 is 2.53 bits per heavy atom. The first kappa shape index (κ1) is 9.09. The fraction of sp³-hybridized carbons (Fsp3) is 0.636. The number of nitrogens with zero attached hydrogens (tertiary/aromatic N) is 3. The zero-order valence-corrected chi connectivity index (χ0v) is 8.82. The smallest absolute Gasteiger partial charge is 0.151 e. The van der Waals surface area contributed by atoms with E-state index in [2.05, 4.69) is 32.5 Å². The van der Waals surface area contributed by atoms with Crippen molar-refractivity contribution in [1.29, 1.82) is 0 Å². The van der Waals surface area contributed by atoms with Crippen LogP contribution in [-0.4, -0.2) is 36.4 Å². The van der Waals surface area contributed by atoms with Gasteiger partial charge < -0.3 is 10.2 Å². The highest BCUT2D eigenvalue weighted by atomic mass is 15.3. The van der Waals surface area contributed by atoms with E-state index < -0.39 is 0 Å². The number of rotatable bonds is 2. The third-order valence-electron chi connectivity index (χ3n) is 3.11. The molecule has 0 spiro atoms. The summed E-state index contributed by atoms with van der Waals surface area (Å²) in [6.07, 6.45) is 2.59. The van der Waals surface area contributed by atoms with Crippen LogP contribution < -0.4 is 10.2 Å². The lowest BCUT2D eigenvalue weighted by Crippen LogP contribution is -2.43. The predicted octanol–water partition coefficient (Wildman–Crippen LogP) is 0.764. The normalized spacial score (nSPS) is 21.7. The molecule has 0 radical (unpaired) electrons. The Morgan fingerprint density at radius 2 is 1.93 bits per heavy atom. The van der Waals surface area contributed by atoms with Crippen molar-refractivity contribution in [3.63, 3.8) is 0 Å². The van der Waals surface area contributed by atoms with Crippen LogP contribution >= 0.6 is 0 Å². The molecule has 0 unspecified atom stereocenters. The second-order valence-electron chi connectivity index (χ2n) is 4.33. The third kappa shape index (κ3) is 1.95. The summed E-state index contributed by atoms with van der Waals surface area (Å²) in [7, 11) is 0. The molecule has 0 amide bonds. The SMILES string of the molecule is c1cc(N2CCNCC2)nnc1C1CC1. The molecule has 2 heterocycles. The van der Waals surface area contributed by atoms with E-state index in [4.69, 9.17) is 0 Å². The van der Waals surface area contributed by atoms with Gasteiger partial charge in [-0.2, -0.15) is 5.10 Å². The van der Waals surface area contributed by atoms with E-state index in [-0.39, 0.29) is 0 Å². The lowest BCUT2D eigenvalue weighted by molar-refractivity contribution is 0.582. The Bertz CT molecular complexity index is 325. The molecular weight excluding hydrogens is 188 g/mol. The molecule has 1 aromatic rings. The van der Waals surface area contributed by atoms with Gasteiger partial charge in [0.05, 0.1) is 5.69 Å². The number of nitrogens with one attached hydrogen (secondary N) is 1. The maximum atomic E-state index is 4.31. The standard InChI is InChI=1S/C11H16N4/c1-2-9(1)10-3-4-11(14-13-10)15-7-5-12-6-8-15/h3-4,9,12H,1-2,5-8H2. The van der Waals surface area contributed by atoms with Gasteiger partial charge >= 0.3 is 0 Å². The molecule has 2 fully saturated rings. The van der Waals surface area contributed by atoms with Gasteiger partial charge in [-0.25, -0.2) is 0 Å². The molecule has 1 aliphatic carbocycles. The summed E-state index contributed by atoms with van der Waals surface area (Å²) in [4.78, 5) is 2.29. The summed E-state index contributed by atoms with van der Waals surface area (Å²) in [6, 6.07) is 4.26. The van der Waals surface area contributed by atoms with Crippen molar-refractivity contribution < 1.29 is 0 Å². The Hall–Kier alpha value is -1.16. The monoisotopic (exact) mass is 204 g/mol. The van der Waals surface area contributed by atoms with E-state index in [1.807, 2.05) is 0 Å². The molecule has 80 valence electrons. The maximum absolute atomic E-state index is 4.31. The Kier molecular flexibility index (Phi) is 2.29. The van der Waals surface area contributed by atoms with Crippen molar-refractivity contribution in [3.8, 4) is 0 Å². The van der Waals surface area contributed by atoms with Crippen LogP contribution in [0.5, 0.6) is 0 Å². The molecule has 4 heteroatoms. The first-order valence-electron chi connectivity index (χ1n) is 5.73. The molecule has 0 aromatic carbocycles. The Labute approximate surface area is 89.7 Å². The second-order valence-corrected chi connectivity index (χ2v) is 4.33. The van der Waals surface area contributed by atoms with Gasteiger partial charge in [0.2, 0.25) is 0 Å². The summed E-state index contributed by atoms with van der Waals surface area (Å²) < 4.78 is 0. The summed E-state index contributed by atoms with van der Waals surface area (Å²) >= 11 is 0. The van der Waals surface area contributed by atoms with Crippen LogP contribution in [0.15, 0.2) is 12.1 Å². The number of hydrogen-bond acceptors (Lipinski definition) is 4. The highest BCUT2D eigenvalue weighted by molar-refractivity contribution is 5.38. The minimum absolute atomic E-state index is 0.703. The number of aromatic nitrogens is 2. The molecule has 1 N–H and O–H groups in total. The highest BCUT2D eigenvalue weighted by Gasteiger charge is 2.25. The molecule has 1 saturated heterocycles. The zero-order valence-electron chi connectivity index (χ0n) is 8.82. The van der Waals surface area contributed by atoms with Gasteiger partial charge in [0.15, 0.2) is 5.82 Å². The largest absolute Gasteiger partial charge is 0.353 e. The van der Waals surface area contributed by atoms with Crippen LogP contribution in [0.1, 0.15) is 24.5 Å². The van der Waals surface area contributed by atoms with E-state index in [9.17, 15) is 0 Å². The minimum atomic E-state index is 0.703. The van der Waals surface area contributed by atoms with E-state index in [1.165, 1.54) is 18.5 Å². The van der Waals surface area contributed by atoms with Crippen LogP contribution in [0.4, 0.5) is 5.82 Å². The maximum Gasteiger partial charge on any atom is 0.151 e. The quantitative estimate of drug-likeness (QED) is 0.772. The van der Waals surface area contributed by atoms with E-state index >= 15 is 0 Å². The van der Waals surface area contributed by atoms with Gasteiger partial charge in [0, 0.05) is 32.1 Å². The molecule has 2 aliphatic rings. The van der Waals surface area contributed by atoms with E-state index in [0.29, 0.717) is 5.92 Å². The molecule has 4 nitrogen and oxygen atoms in total. The van der Waals surface area contributed by atoms with Crippen molar-refractivity contribution in [3.05, 3.63) is 17.8 Å². The average molecular weight is 204 g/mol. The number of hydrogen-bond donors (Lipinski definition) is 1. The fourth-order valence-corrected chi connectivity index (χ4v) is 1.99. The summed E-state index contributed by atoms with van der Waals surface area (Å²) in [5.41, 5.74) is 1.17. The molecule has 15 heavy (non-hydrogen) atoms. The molecule has 1 aliphatic heterocycles. The van der Waals surface area contributed by atoms with Crippen LogP contribution in [-0.2, 0) is 0 Å². The van der Waals surface area contributed by atoms with E-state index in [1.54, 1.807) is 0 Å². The van der Waals surface area contributed by atoms with Crippen molar-refractivity contribution in [2.75, 3.05) is 31.1 Å². The lowest BCUT2D eigenvalue weighted by atomic mass is 10.2. The van der Waals surface area contributed by atoms with E-state index in [0.717, 1.165) is 32.0 Å². The predicted molar refractivity (Wildman–Crippen MR) is 59.1 cm³/mol. The van der Waals surface area contributed by atoms with Crippen LogP contribution in [0.3, 0.4) is 0 Å². The summed E-state index contributed by atoms with van der Waals surface area (Å²) in [5, 5.41) is 11.9. The van der Waals surface area contributed by atoms with Gasteiger partial charge in [-0.1, -0.05) is 0 Å². The third-order valence-corrected chi connectivity index (χ3v) is 3.11. The molecule has 0 atom stereocenters. The van der Waals surface area contributed by atoms with Crippen molar-refractivity contribution in [1.82, 2.24) is 15.5 Å².